The van der Waals surface area contributed by atoms with Gasteiger partial charge in [-0.05, 0) is 17.9 Å². The Labute approximate surface area is 134 Å². The van der Waals surface area contributed by atoms with Crippen molar-refractivity contribution >= 4 is 27.3 Å². The molecule has 22 heavy (non-hydrogen) atoms. The van der Waals surface area contributed by atoms with E-state index in [9.17, 15) is 13.2 Å². The number of carbonyl (C=O) groups is 1. The summed E-state index contributed by atoms with van der Waals surface area (Å²) in [5.74, 6) is 0.235. The normalized spacial score (nSPS) is 27.2. The van der Waals surface area contributed by atoms with Crippen LogP contribution in [0, 0.1) is 5.92 Å². The van der Waals surface area contributed by atoms with Crippen molar-refractivity contribution in [2.45, 2.75) is 12.5 Å². The van der Waals surface area contributed by atoms with Crippen LogP contribution in [0.5, 0.6) is 0 Å². The van der Waals surface area contributed by atoms with E-state index in [2.05, 4.69) is 0 Å². The Bertz CT molecular complexity index is 629. The van der Waals surface area contributed by atoms with Gasteiger partial charge in [-0.15, -0.1) is 0 Å². The summed E-state index contributed by atoms with van der Waals surface area (Å²) in [5, 5.41) is 3.76. The minimum atomic E-state index is -3.18. The molecule has 0 aromatic carbocycles. The number of hydrogen-bond acceptors (Lipinski definition) is 5. The van der Waals surface area contributed by atoms with Gasteiger partial charge in [0.25, 0.3) is 5.91 Å². The molecule has 122 valence electrons. The number of amides is 1. The summed E-state index contributed by atoms with van der Waals surface area (Å²) in [5.41, 5.74) is 0.719. The smallest absolute Gasteiger partial charge is 0.254 e. The number of carbonyl (C=O) groups excluding carboxylic acids is 1. The van der Waals surface area contributed by atoms with Crippen LogP contribution in [0.3, 0.4) is 0 Å². The summed E-state index contributed by atoms with van der Waals surface area (Å²) < 4.78 is 30.7. The summed E-state index contributed by atoms with van der Waals surface area (Å²) in [6.45, 7) is 2.54. The molecule has 0 bridgehead atoms. The Morgan fingerprint density at radius 3 is 2.86 bits per heavy atom. The highest BCUT2D eigenvalue weighted by molar-refractivity contribution is 7.88. The van der Waals surface area contributed by atoms with Gasteiger partial charge in [-0.1, -0.05) is 0 Å². The second kappa shape index (κ2) is 6.27. The largest absolute Gasteiger partial charge is 0.375 e. The third-order valence-electron chi connectivity index (χ3n) is 4.33. The van der Waals surface area contributed by atoms with Crippen LogP contribution in [0.4, 0.5) is 0 Å². The molecule has 1 aromatic rings. The van der Waals surface area contributed by atoms with Crippen molar-refractivity contribution in [3.05, 3.63) is 22.4 Å². The lowest BCUT2D eigenvalue weighted by atomic mass is 9.94. The maximum Gasteiger partial charge on any atom is 0.254 e. The number of thiophene rings is 1. The lowest BCUT2D eigenvalue weighted by molar-refractivity contribution is -0.00174. The molecule has 2 aliphatic heterocycles. The molecule has 1 aromatic heterocycles. The van der Waals surface area contributed by atoms with Crippen molar-refractivity contribution in [2.75, 3.05) is 39.0 Å². The van der Waals surface area contributed by atoms with Crippen molar-refractivity contribution in [3.8, 4) is 0 Å². The standard InChI is InChI=1S/C14H20N2O4S2/c1-22(18,19)16-4-2-11-8-15(5-6-20-13(11)9-16)14(17)12-3-7-21-10-12/h3,7,10-11,13H,2,4-6,8-9H2,1H3/t11-,13-/m1/s1. The van der Waals surface area contributed by atoms with E-state index in [1.54, 1.807) is 0 Å². The van der Waals surface area contributed by atoms with Gasteiger partial charge in [0, 0.05) is 37.5 Å². The lowest BCUT2D eigenvalue weighted by Crippen LogP contribution is -2.49. The molecule has 2 fully saturated rings. The van der Waals surface area contributed by atoms with Gasteiger partial charge in [0.2, 0.25) is 10.0 Å². The fraction of sp³-hybridized carbons (Fsp3) is 0.643. The molecule has 3 heterocycles. The van der Waals surface area contributed by atoms with Crippen LogP contribution in [0.1, 0.15) is 16.8 Å². The van der Waals surface area contributed by atoms with Crippen molar-refractivity contribution in [3.63, 3.8) is 0 Å². The third kappa shape index (κ3) is 3.34. The Kier molecular flexibility index (Phi) is 4.54. The van der Waals surface area contributed by atoms with Crippen LogP contribution in [-0.4, -0.2) is 68.7 Å². The molecule has 0 saturated carbocycles. The zero-order valence-electron chi connectivity index (χ0n) is 12.5. The topological polar surface area (TPSA) is 66.9 Å². The highest BCUT2D eigenvalue weighted by atomic mass is 32.2. The predicted molar refractivity (Wildman–Crippen MR) is 84.5 cm³/mol. The number of rotatable bonds is 2. The van der Waals surface area contributed by atoms with Crippen LogP contribution in [0.15, 0.2) is 16.8 Å². The molecule has 0 N–H and O–H groups in total. The monoisotopic (exact) mass is 344 g/mol. The van der Waals surface area contributed by atoms with Crippen LogP contribution in [0.25, 0.3) is 0 Å². The van der Waals surface area contributed by atoms with E-state index in [4.69, 9.17) is 4.74 Å². The molecule has 0 unspecified atom stereocenters. The first-order valence-corrected chi connectivity index (χ1v) is 10.1. The van der Waals surface area contributed by atoms with Gasteiger partial charge in [0.15, 0.2) is 0 Å². The SMILES string of the molecule is CS(=O)(=O)N1CC[C@@H]2CN(C(=O)c3ccsc3)CCO[C@@H]2C1. The summed E-state index contributed by atoms with van der Waals surface area (Å²) >= 11 is 1.51. The summed E-state index contributed by atoms with van der Waals surface area (Å²) in [6.07, 6.45) is 1.84. The molecule has 6 nitrogen and oxygen atoms in total. The van der Waals surface area contributed by atoms with Gasteiger partial charge >= 0.3 is 0 Å². The van der Waals surface area contributed by atoms with E-state index in [1.165, 1.54) is 21.9 Å². The van der Waals surface area contributed by atoms with E-state index < -0.39 is 10.0 Å². The lowest BCUT2D eigenvalue weighted by Gasteiger charge is -2.36. The van der Waals surface area contributed by atoms with Gasteiger partial charge < -0.3 is 9.64 Å². The summed E-state index contributed by atoms with van der Waals surface area (Å²) in [6, 6.07) is 1.84. The third-order valence-corrected chi connectivity index (χ3v) is 6.28. The summed E-state index contributed by atoms with van der Waals surface area (Å²) in [7, 11) is -3.18. The maximum atomic E-state index is 12.5. The van der Waals surface area contributed by atoms with Gasteiger partial charge in [0.05, 0.1) is 24.5 Å². The predicted octanol–water partition coefficient (Wildman–Crippen LogP) is 0.871. The molecule has 2 atom stereocenters. The zero-order chi connectivity index (χ0) is 15.7. The number of hydrogen-bond donors (Lipinski definition) is 0. The number of fused-ring (bicyclic) bond motifs is 1. The van der Waals surface area contributed by atoms with E-state index in [1.807, 2.05) is 21.7 Å². The molecular formula is C14H20N2O4S2. The minimum Gasteiger partial charge on any atom is -0.375 e. The van der Waals surface area contributed by atoms with Crippen LogP contribution in [0.2, 0.25) is 0 Å². The number of sulfonamides is 1. The highest BCUT2D eigenvalue weighted by Crippen LogP contribution is 2.26. The van der Waals surface area contributed by atoms with Gasteiger partial charge in [0.1, 0.15) is 0 Å². The molecule has 0 aliphatic carbocycles. The van der Waals surface area contributed by atoms with Crippen molar-refractivity contribution in [1.82, 2.24) is 9.21 Å². The molecular weight excluding hydrogens is 324 g/mol. The highest BCUT2D eigenvalue weighted by Gasteiger charge is 2.37. The summed E-state index contributed by atoms with van der Waals surface area (Å²) in [4.78, 5) is 14.3. The van der Waals surface area contributed by atoms with Gasteiger partial charge in [-0.3, -0.25) is 4.79 Å². The Hall–Kier alpha value is -0.960. The second-order valence-corrected chi connectivity index (χ2v) is 8.60. The first kappa shape index (κ1) is 15.9. The average molecular weight is 344 g/mol. The van der Waals surface area contributed by atoms with Gasteiger partial charge in [-0.2, -0.15) is 15.6 Å². The minimum absolute atomic E-state index is 0.0380. The van der Waals surface area contributed by atoms with Crippen LogP contribution < -0.4 is 0 Å². The molecule has 8 heteroatoms. The Morgan fingerprint density at radius 1 is 1.36 bits per heavy atom. The number of piperidine rings is 1. The molecule has 2 saturated heterocycles. The molecule has 1 amide bonds. The van der Waals surface area contributed by atoms with Crippen molar-refractivity contribution < 1.29 is 17.9 Å². The number of ether oxygens (including phenoxy) is 1. The second-order valence-electron chi connectivity index (χ2n) is 5.84. The molecule has 2 aliphatic rings. The Morgan fingerprint density at radius 2 is 2.18 bits per heavy atom. The fourth-order valence-electron chi connectivity index (χ4n) is 3.08. The maximum absolute atomic E-state index is 12.5. The average Bonchev–Trinajstić information content (AvgIpc) is 2.91. The van der Waals surface area contributed by atoms with E-state index >= 15 is 0 Å². The van der Waals surface area contributed by atoms with E-state index in [0.717, 1.165) is 12.0 Å². The fourth-order valence-corrected chi connectivity index (χ4v) is 4.56. The number of nitrogens with zero attached hydrogens (tertiary/aromatic N) is 2. The first-order chi connectivity index (χ1) is 10.4. The van der Waals surface area contributed by atoms with Crippen LogP contribution >= 0.6 is 11.3 Å². The van der Waals surface area contributed by atoms with Gasteiger partial charge in [-0.25, -0.2) is 8.42 Å². The van der Waals surface area contributed by atoms with Crippen molar-refractivity contribution in [1.29, 1.82) is 0 Å². The Balaban J connectivity index is 1.69. The van der Waals surface area contributed by atoms with Crippen molar-refractivity contribution in [2.24, 2.45) is 5.92 Å². The van der Waals surface area contributed by atoms with Crippen LogP contribution in [-0.2, 0) is 14.8 Å². The quantitative estimate of drug-likeness (QED) is 0.798. The van der Waals surface area contributed by atoms with E-state index in [-0.39, 0.29) is 17.9 Å². The molecule has 0 radical (unpaired) electrons. The molecule has 3 rings (SSSR count). The first-order valence-electron chi connectivity index (χ1n) is 7.33. The molecule has 0 spiro atoms. The van der Waals surface area contributed by atoms with E-state index in [0.29, 0.717) is 32.8 Å². The zero-order valence-corrected chi connectivity index (χ0v) is 14.1.